The number of ether oxygens (including phenoxy) is 2. The topological polar surface area (TPSA) is 89.0 Å². The monoisotopic (exact) mass is 413 g/mol. The Bertz CT molecular complexity index is 899. The Kier molecular flexibility index (Phi) is 7.13. The number of aliphatic imine (C=N–C) groups is 1. The molecular formula is C21H23N3O4S. The van der Waals surface area contributed by atoms with Crippen LogP contribution in [0.4, 0.5) is 11.4 Å². The summed E-state index contributed by atoms with van der Waals surface area (Å²) in [7, 11) is 1.56. The SMILES string of the molecule is CCCOc1ccc(NC(=O)C[C@@H]2SC(=Nc3ccccc3OC)NC2=O)cc1. The Morgan fingerprint density at radius 1 is 1.21 bits per heavy atom. The molecule has 2 N–H and O–H groups in total. The molecule has 0 aromatic heterocycles. The minimum Gasteiger partial charge on any atom is -0.494 e. The number of methoxy groups -OCH3 is 1. The molecule has 8 heteroatoms. The van der Waals surface area contributed by atoms with E-state index < -0.39 is 5.25 Å². The van der Waals surface area contributed by atoms with E-state index in [0.717, 1.165) is 12.2 Å². The van der Waals surface area contributed by atoms with Crippen molar-refractivity contribution in [1.82, 2.24) is 5.32 Å². The number of amides is 2. The molecule has 0 saturated carbocycles. The minimum absolute atomic E-state index is 0.0511. The van der Waals surface area contributed by atoms with Gasteiger partial charge in [0.05, 0.1) is 13.7 Å². The number of carbonyl (C=O) groups excluding carboxylic acids is 2. The van der Waals surface area contributed by atoms with E-state index in [9.17, 15) is 9.59 Å². The van der Waals surface area contributed by atoms with E-state index >= 15 is 0 Å². The zero-order valence-corrected chi connectivity index (χ0v) is 17.1. The van der Waals surface area contributed by atoms with Crippen LogP contribution in [0.3, 0.4) is 0 Å². The van der Waals surface area contributed by atoms with Gasteiger partial charge in [-0.3, -0.25) is 9.59 Å². The summed E-state index contributed by atoms with van der Waals surface area (Å²) >= 11 is 1.24. The van der Waals surface area contributed by atoms with Gasteiger partial charge in [0.2, 0.25) is 11.8 Å². The molecule has 1 aliphatic heterocycles. The maximum atomic E-state index is 12.3. The molecule has 1 saturated heterocycles. The minimum atomic E-state index is -0.532. The van der Waals surface area contributed by atoms with E-state index in [1.54, 1.807) is 43.5 Å². The molecule has 0 aliphatic carbocycles. The summed E-state index contributed by atoms with van der Waals surface area (Å²) in [6.45, 7) is 2.69. The summed E-state index contributed by atoms with van der Waals surface area (Å²) in [6.07, 6.45) is 0.984. The van der Waals surface area contributed by atoms with Gasteiger partial charge in [-0.15, -0.1) is 0 Å². The number of nitrogens with one attached hydrogen (secondary N) is 2. The third-order valence-corrected chi connectivity index (χ3v) is 5.15. The fraction of sp³-hybridized carbons (Fsp3) is 0.286. The Morgan fingerprint density at radius 3 is 2.69 bits per heavy atom. The first-order valence-corrected chi connectivity index (χ1v) is 10.2. The number of anilines is 1. The van der Waals surface area contributed by atoms with Crippen LogP contribution in [-0.4, -0.2) is 35.9 Å². The lowest BCUT2D eigenvalue weighted by molar-refractivity contribution is -0.122. The van der Waals surface area contributed by atoms with Crippen LogP contribution in [0.25, 0.3) is 0 Å². The lowest BCUT2D eigenvalue weighted by Gasteiger charge is -2.09. The lowest BCUT2D eigenvalue weighted by Crippen LogP contribution is -2.28. The standard InChI is InChI=1S/C21H23N3O4S/c1-3-12-28-15-10-8-14(9-11-15)22-19(25)13-18-20(26)24-21(29-18)23-16-6-4-5-7-17(16)27-2/h4-11,18H,3,12-13H2,1-2H3,(H,22,25)(H,23,24,26)/t18-/m0/s1. The predicted octanol–water partition coefficient (Wildman–Crippen LogP) is 3.73. The third-order valence-electron chi connectivity index (χ3n) is 4.07. The van der Waals surface area contributed by atoms with Crippen LogP contribution >= 0.6 is 11.8 Å². The van der Waals surface area contributed by atoms with Gasteiger partial charge in [-0.2, -0.15) is 0 Å². The molecule has 1 heterocycles. The van der Waals surface area contributed by atoms with Gasteiger partial charge in [0.15, 0.2) is 5.17 Å². The number of amidine groups is 1. The summed E-state index contributed by atoms with van der Waals surface area (Å²) < 4.78 is 10.8. The van der Waals surface area contributed by atoms with Gasteiger partial charge in [-0.1, -0.05) is 30.8 Å². The molecule has 0 radical (unpaired) electrons. The number of rotatable bonds is 8. The molecule has 2 amide bonds. The van der Waals surface area contributed by atoms with E-state index in [2.05, 4.69) is 15.6 Å². The second-order valence-corrected chi connectivity index (χ2v) is 7.50. The first-order chi connectivity index (χ1) is 14.1. The largest absolute Gasteiger partial charge is 0.494 e. The first kappa shape index (κ1) is 20.7. The summed E-state index contributed by atoms with van der Waals surface area (Å²) in [5.41, 5.74) is 1.28. The van der Waals surface area contributed by atoms with Crippen molar-refractivity contribution < 1.29 is 19.1 Å². The average Bonchev–Trinajstić information content (AvgIpc) is 3.06. The number of carbonyl (C=O) groups is 2. The maximum absolute atomic E-state index is 12.3. The van der Waals surface area contributed by atoms with E-state index in [1.807, 2.05) is 19.1 Å². The van der Waals surface area contributed by atoms with Gasteiger partial charge >= 0.3 is 0 Å². The zero-order chi connectivity index (χ0) is 20.6. The van der Waals surface area contributed by atoms with E-state index in [1.165, 1.54) is 11.8 Å². The highest BCUT2D eigenvalue weighted by atomic mass is 32.2. The van der Waals surface area contributed by atoms with Crippen molar-refractivity contribution in [1.29, 1.82) is 0 Å². The molecular weight excluding hydrogens is 390 g/mol. The number of benzene rings is 2. The average molecular weight is 413 g/mol. The Balaban J connectivity index is 1.57. The highest BCUT2D eigenvalue weighted by Crippen LogP contribution is 2.30. The van der Waals surface area contributed by atoms with Crippen LogP contribution in [0.15, 0.2) is 53.5 Å². The normalized spacial score (nSPS) is 17.1. The smallest absolute Gasteiger partial charge is 0.240 e. The number of para-hydroxylation sites is 2. The Hall–Kier alpha value is -3.00. The van der Waals surface area contributed by atoms with Crippen LogP contribution in [0, 0.1) is 0 Å². The molecule has 0 bridgehead atoms. The molecule has 152 valence electrons. The fourth-order valence-corrected chi connectivity index (χ4v) is 3.64. The van der Waals surface area contributed by atoms with E-state index in [4.69, 9.17) is 9.47 Å². The summed E-state index contributed by atoms with van der Waals surface area (Å²) in [5, 5.41) is 5.45. The molecule has 2 aromatic rings. The molecule has 29 heavy (non-hydrogen) atoms. The number of thioether (sulfide) groups is 1. The van der Waals surface area contributed by atoms with Gasteiger partial charge in [-0.05, 0) is 42.8 Å². The van der Waals surface area contributed by atoms with Gasteiger partial charge in [0.25, 0.3) is 0 Å². The summed E-state index contributed by atoms with van der Waals surface area (Å²) in [5.74, 6) is 0.899. The predicted molar refractivity (Wildman–Crippen MR) is 115 cm³/mol. The van der Waals surface area contributed by atoms with Crippen LogP contribution < -0.4 is 20.1 Å². The Morgan fingerprint density at radius 2 is 1.97 bits per heavy atom. The lowest BCUT2D eigenvalue weighted by atomic mass is 10.2. The van der Waals surface area contributed by atoms with E-state index in [0.29, 0.717) is 28.9 Å². The number of hydrogen-bond acceptors (Lipinski definition) is 6. The van der Waals surface area contributed by atoms with Gasteiger partial charge in [0, 0.05) is 12.1 Å². The van der Waals surface area contributed by atoms with Crippen molar-refractivity contribution in [2.45, 2.75) is 25.0 Å². The van der Waals surface area contributed by atoms with Crippen LogP contribution in [0.5, 0.6) is 11.5 Å². The van der Waals surface area contributed by atoms with Crippen molar-refractivity contribution in [3.63, 3.8) is 0 Å². The molecule has 3 rings (SSSR count). The van der Waals surface area contributed by atoms with Crippen molar-refractivity contribution in [3.8, 4) is 11.5 Å². The molecule has 0 spiro atoms. The fourth-order valence-electron chi connectivity index (χ4n) is 2.66. The summed E-state index contributed by atoms with van der Waals surface area (Å²) in [6, 6.07) is 14.4. The second-order valence-electron chi connectivity index (χ2n) is 6.31. The van der Waals surface area contributed by atoms with Crippen LogP contribution in [0.1, 0.15) is 19.8 Å². The molecule has 1 atom stereocenters. The third kappa shape index (κ3) is 5.74. The van der Waals surface area contributed by atoms with Gasteiger partial charge < -0.3 is 20.1 Å². The molecule has 2 aromatic carbocycles. The molecule has 1 aliphatic rings. The highest BCUT2D eigenvalue weighted by molar-refractivity contribution is 8.15. The van der Waals surface area contributed by atoms with Gasteiger partial charge in [0.1, 0.15) is 22.4 Å². The first-order valence-electron chi connectivity index (χ1n) is 9.31. The Labute approximate surface area is 173 Å². The van der Waals surface area contributed by atoms with Crippen molar-refractivity contribution in [3.05, 3.63) is 48.5 Å². The van der Waals surface area contributed by atoms with Crippen molar-refractivity contribution >= 4 is 40.1 Å². The van der Waals surface area contributed by atoms with Crippen LogP contribution in [0.2, 0.25) is 0 Å². The number of nitrogens with zero attached hydrogens (tertiary/aromatic N) is 1. The quantitative estimate of drug-likeness (QED) is 0.688. The molecule has 7 nitrogen and oxygen atoms in total. The van der Waals surface area contributed by atoms with Crippen molar-refractivity contribution in [2.24, 2.45) is 4.99 Å². The number of hydrogen-bond donors (Lipinski definition) is 2. The van der Waals surface area contributed by atoms with Crippen LogP contribution in [-0.2, 0) is 9.59 Å². The maximum Gasteiger partial charge on any atom is 0.240 e. The highest BCUT2D eigenvalue weighted by Gasteiger charge is 2.32. The zero-order valence-electron chi connectivity index (χ0n) is 16.3. The van der Waals surface area contributed by atoms with E-state index in [-0.39, 0.29) is 18.2 Å². The van der Waals surface area contributed by atoms with Gasteiger partial charge in [-0.25, -0.2) is 4.99 Å². The molecule has 0 unspecified atom stereocenters. The van der Waals surface area contributed by atoms with Crippen molar-refractivity contribution in [2.75, 3.05) is 19.0 Å². The molecule has 1 fully saturated rings. The second kappa shape index (κ2) is 9.97. The summed E-state index contributed by atoms with van der Waals surface area (Å²) in [4.78, 5) is 29.0.